The van der Waals surface area contributed by atoms with E-state index in [0.717, 1.165) is 11.3 Å². The summed E-state index contributed by atoms with van der Waals surface area (Å²) >= 11 is 0. The highest BCUT2D eigenvalue weighted by Crippen LogP contribution is 2.31. The highest BCUT2D eigenvalue weighted by Gasteiger charge is 2.22. The predicted molar refractivity (Wildman–Crippen MR) is 74.2 cm³/mol. The van der Waals surface area contributed by atoms with Crippen LogP contribution in [0.25, 0.3) is 0 Å². The molecule has 1 aliphatic rings. The Hall–Kier alpha value is -2.77. The van der Waals surface area contributed by atoms with Crippen LogP contribution in [0.1, 0.15) is 5.56 Å². The summed E-state index contributed by atoms with van der Waals surface area (Å²) in [5.74, 6) is -0.190. The van der Waals surface area contributed by atoms with Crippen molar-refractivity contribution >= 4 is 29.3 Å². The van der Waals surface area contributed by atoms with E-state index in [1.54, 1.807) is 19.2 Å². The molecule has 0 unspecified atom stereocenters. The van der Waals surface area contributed by atoms with E-state index in [2.05, 4.69) is 15.3 Å². The van der Waals surface area contributed by atoms with Crippen molar-refractivity contribution in [3.63, 3.8) is 0 Å². The summed E-state index contributed by atoms with van der Waals surface area (Å²) in [5, 5.41) is 2.73. The SMILES string of the molecule is CN1C(=O)NCc2c(N=C(N)N=C(N)N)cccc21. The molecule has 0 radical (unpaired) electrons. The van der Waals surface area contributed by atoms with Gasteiger partial charge in [0.2, 0.25) is 5.96 Å². The quantitative estimate of drug-likeness (QED) is 0.402. The Morgan fingerprint density at radius 2 is 2.11 bits per heavy atom. The van der Waals surface area contributed by atoms with Crippen LogP contribution in [0.5, 0.6) is 0 Å². The third-order valence-electron chi connectivity index (χ3n) is 2.69. The standard InChI is InChI=1S/C11H15N7O/c1-18-8-4-2-3-7(6(8)5-15-11(18)19)16-10(14)17-9(12)13/h2-4H,5H2,1H3,(H,15,19)(H6,12,13,14,16,17). The Morgan fingerprint density at radius 1 is 1.37 bits per heavy atom. The second-order valence-corrected chi connectivity index (χ2v) is 4.00. The maximum Gasteiger partial charge on any atom is 0.321 e. The monoisotopic (exact) mass is 261 g/mol. The number of hydrogen-bond donors (Lipinski definition) is 4. The number of nitrogens with zero attached hydrogens (tertiary/aromatic N) is 3. The molecule has 1 aromatic rings. The second-order valence-electron chi connectivity index (χ2n) is 4.00. The number of guanidine groups is 2. The molecule has 0 atom stereocenters. The van der Waals surface area contributed by atoms with Crippen LogP contribution in [0.3, 0.4) is 0 Å². The maximum absolute atomic E-state index is 11.5. The van der Waals surface area contributed by atoms with Crippen LogP contribution < -0.4 is 27.4 Å². The number of anilines is 1. The average molecular weight is 261 g/mol. The number of fused-ring (bicyclic) bond motifs is 1. The molecule has 2 rings (SSSR count). The zero-order valence-corrected chi connectivity index (χ0v) is 10.4. The van der Waals surface area contributed by atoms with Gasteiger partial charge in [-0.3, -0.25) is 4.90 Å². The first-order valence-corrected chi connectivity index (χ1v) is 5.56. The molecular formula is C11H15N7O. The van der Waals surface area contributed by atoms with E-state index in [0.29, 0.717) is 12.2 Å². The minimum atomic E-state index is -0.161. The van der Waals surface area contributed by atoms with Crippen molar-refractivity contribution in [2.45, 2.75) is 6.54 Å². The zero-order chi connectivity index (χ0) is 14.0. The summed E-state index contributed by atoms with van der Waals surface area (Å²) < 4.78 is 0. The largest absolute Gasteiger partial charge is 0.370 e. The fourth-order valence-corrected chi connectivity index (χ4v) is 1.84. The Bertz CT molecular complexity index is 574. The number of nitrogens with two attached hydrogens (primary N) is 3. The minimum Gasteiger partial charge on any atom is -0.370 e. The van der Waals surface area contributed by atoms with Crippen LogP contribution in [0.4, 0.5) is 16.2 Å². The van der Waals surface area contributed by atoms with Crippen molar-refractivity contribution in [2.24, 2.45) is 27.2 Å². The van der Waals surface area contributed by atoms with Crippen molar-refractivity contribution in [3.05, 3.63) is 23.8 Å². The summed E-state index contributed by atoms with van der Waals surface area (Å²) in [6.07, 6.45) is 0. The number of urea groups is 1. The fraction of sp³-hybridized carbons (Fsp3) is 0.182. The summed E-state index contributed by atoms with van der Waals surface area (Å²) in [6, 6.07) is 5.24. The van der Waals surface area contributed by atoms with Crippen molar-refractivity contribution < 1.29 is 4.79 Å². The number of amides is 2. The van der Waals surface area contributed by atoms with Crippen LogP contribution in [-0.2, 0) is 6.54 Å². The summed E-state index contributed by atoms with van der Waals surface area (Å²) in [4.78, 5) is 20.8. The first-order chi connectivity index (χ1) is 8.99. The van der Waals surface area contributed by atoms with Gasteiger partial charge in [-0.2, -0.15) is 4.99 Å². The van der Waals surface area contributed by atoms with Crippen LogP contribution in [0.15, 0.2) is 28.2 Å². The molecule has 19 heavy (non-hydrogen) atoms. The van der Waals surface area contributed by atoms with Gasteiger partial charge in [0.1, 0.15) is 0 Å². The van der Waals surface area contributed by atoms with Crippen LogP contribution in [0.2, 0.25) is 0 Å². The first kappa shape index (κ1) is 12.7. The van der Waals surface area contributed by atoms with E-state index in [9.17, 15) is 4.79 Å². The molecule has 0 spiro atoms. The van der Waals surface area contributed by atoms with Gasteiger partial charge in [0.25, 0.3) is 0 Å². The Balaban J connectivity index is 2.45. The van der Waals surface area contributed by atoms with Crippen LogP contribution in [-0.4, -0.2) is 25.0 Å². The molecule has 0 bridgehead atoms. The van der Waals surface area contributed by atoms with E-state index >= 15 is 0 Å². The molecule has 100 valence electrons. The molecule has 0 aliphatic carbocycles. The average Bonchev–Trinajstić information content (AvgIpc) is 2.33. The Morgan fingerprint density at radius 3 is 2.79 bits per heavy atom. The number of rotatable bonds is 1. The lowest BCUT2D eigenvalue weighted by molar-refractivity contribution is 0.246. The lowest BCUT2D eigenvalue weighted by atomic mass is 10.1. The molecular weight excluding hydrogens is 246 g/mol. The number of nitrogens with one attached hydrogen (secondary N) is 1. The molecule has 0 saturated heterocycles. The zero-order valence-electron chi connectivity index (χ0n) is 10.4. The van der Waals surface area contributed by atoms with Crippen molar-refractivity contribution in [1.29, 1.82) is 0 Å². The van der Waals surface area contributed by atoms with Gasteiger partial charge in [0, 0.05) is 19.2 Å². The second kappa shape index (κ2) is 4.84. The van der Waals surface area contributed by atoms with Crippen molar-refractivity contribution in [1.82, 2.24) is 5.32 Å². The highest BCUT2D eigenvalue weighted by atomic mass is 16.2. The number of hydrogen-bond acceptors (Lipinski definition) is 2. The van der Waals surface area contributed by atoms with Gasteiger partial charge >= 0.3 is 6.03 Å². The first-order valence-electron chi connectivity index (χ1n) is 5.56. The Labute approximate surface area is 110 Å². The van der Waals surface area contributed by atoms with Gasteiger partial charge in [0.15, 0.2) is 5.96 Å². The van der Waals surface area contributed by atoms with Crippen LogP contribution >= 0.6 is 0 Å². The molecule has 0 saturated carbocycles. The van der Waals surface area contributed by atoms with Gasteiger partial charge < -0.3 is 22.5 Å². The number of carbonyl (C=O) groups is 1. The third-order valence-corrected chi connectivity index (χ3v) is 2.69. The third kappa shape index (κ3) is 2.57. The fourth-order valence-electron chi connectivity index (χ4n) is 1.84. The molecule has 2 amide bonds. The maximum atomic E-state index is 11.5. The number of benzene rings is 1. The lowest BCUT2D eigenvalue weighted by Gasteiger charge is -2.27. The lowest BCUT2D eigenvalue weighted by Crippen LogP contribution is -2.41. The van der Waals surface area contributed by atoms with E-state index in [1.807, 2.05) is 6.07 Å². The van der Waals surface area contributed by atoms with Gasteiger partial charge in [0.05, 0.1) is 11.4 Å². The molecule has 8 heteroatoms. The van der Waals surface area contributed by atoms with Gasteiger partial charge in [-0.1, -0.05) is 6.07 Å². The Kier molecular flexibility index (Phi) is 3.23. The van der Waals surface area contributed by atoms with Gasteiger partial charge in [-0.05, 0) is 12.1 Å². The molecule has 1 heterocycles. The van der Waals surface area contributed by atoms with Crippen molar-refractivity contribution in [2.75, 3.05) is 11.9 Å². The summed E-state index contributed by atoms with van der Waals surface area (Å²) in [6.45, 7) is 0.382. The van der Waals surface area contributed by atoms with Crippen LogP contribution in [0, 0.1) is 0 Å². The van der Waals surface area contributed by atoms with E-state index < -0.39 is 0 Å². The van der Waals surface area contributed by atoms with E-state index in [1.165, 1.54) is 4.90 Å². The predicted octanol–water partition coefficient (Wildman–Crippen LogP) is -0.434. The number of aliphatic imine (C=N–C) groups is 2. The van der Waals surface area contributed by atoms with Crippen molar-refractivity contribution in [3.8, 4) is 0 Å². The molecule has 8 nitrogen and oxygen atoms in total. The number of carbonyl (C=O) groups excluding carboxylic acids is 1. The minimum absolute atomic E-state index is 0.0343. The van der Waals surface area contributed by atoms with Gasteiger partial charge in [-0.15, -0.1) is 0 Å². The van der Waals surface area contributed by atoms with Gasteiger partial charge in [-0.25, -0.2) is 9.79 Å². The summed E-state index contributed by atoms with van der Waals surface area (Å²) in [7, 11) is 1.68. The van der Waals surface area contributed by atoms with E-state index in [4.69, 9.17) is 17.2 Å². The molecule has 1 aliphatic heterocycles. The molecule has 0 fully saturated rings. The smallest absolute Gasteiger partial charge is 0.321 e. The topological polar surface area (TPSA) is 135 Å². The normalized spacial score (nSPS) is 14.7. The van der Waals surface area contributed by atoms with E-state index in [-0.39, 0.29) is 18.0 Å². The molecule has 1 aromatic carbocycles. The summed E-state index contributed by atoms with van der Waals surface area (Å²) in [5.41, 5.74) is 18.3. The highest BCUT2D eigenvalue weighted by molar-refractivity contribution is 5.97. The molecule has 0 aromatic heterocycles. The molecule has 7 N–H and O–H groups in total.